The summed E-state index contributed by atoms with van der Waals surface area (Å²) in [5, 5.41) is 1.03. The van der Waals surface area contributed by atoms with E-state index in [4.69, 9.17) is 0 Å². The number of hydrogen-bond donors (Lipinski definition) is 0. The highest BCUT2D eigenvalue weighted by Crippen LogP contribution is 2.24. The molecule has 0 aliphatic heterocycles. The molecule has 0 aliphatic carbocycles. The van der Waals surface area contributed by atoms with Crippen LogP contribution >= 0.6 is 0 Å². The molecule has 0 aromatic heterocycles. The van der Waals surface area contributed by atoms with Gasteiger partial charge in [0.15, 0.2) is 0 Å². The minimum Gasteiger partial charge on any atom is -0.207 e. The van der Waals surface area contributed by atoms with Crippen molar-refractivity contribution in [2.24, 2.45) is 0 Å². The zero-order valence-electron chi connectivity index (χ0n) is 22.3. The molecule has 4 rings (SSSR count). The molecule has 40 heavy (non-hydrogen) atoms. The average molecular weight is 545 g/mol. The second-order valence-corrected chi connectivity index (χ2v) is 9.82. The monoisotopic (exact) mass is 544 g/mol. The number of aryl methyl sites for hydroxylation is 1. The lowest BCUT2D eigenvalue weighted by Gasteiger charge is -2.07. The summed E-state index contributed by atoms with van der Waals surface area (Å²) < 4.78 is 66.8. The lowest BCUT2D eigenvalue weighted by molar-refractivity contribution is -0.127. The number of fused-ring (bicyclic) bond motifs is 1. The summed E-state index contributed by atoms with van der Waals surface area (Å²) in [6.07, 6.45) is 1.49. The van der Waals surface area contributed by atoms with E-state index >= 15 is 4.39 Å². The first-order valence-electron chi connectivity index (χ1n) is 13.4. The van der Waals surface area contributed by atoms with Gasteiger partial charge < -0.3 is 0 Å². The molecule has 204 valence electrons. The van der Waals surface area contributed by atoms with Crippen LogP contribution in [0.3, 0.4) is 0 Å². The molecule has 0 nitrogen and oxygen atoms in total. The van der Waals surface area contributed by atoms with Gasteiger partial charge in [0, 0.05) is 22.1 Å². The normalized spacial score (nSPS) is 11.1. The molecule has 0 saturated carbocycles. The van der Waals surface area contributed by atoms with E-state index in [0.29, 0.717) is 10.8 Å². The maximum absolute atomic E-state index is 15.1. The summed E-state index contributed by atoms with van der Waals surface area (Å²) in [6.45, 7) is 2.22. The summed E-state index contributed by atoms with van der Waals surface area (Å²) in [6, 6.07) is 20.0. The zero-order chi connectivity index (χ0) is 28.5. The van der Waals surface area contributed by atoms with Crippen LogP contribution in [0.25, 0.3) is 10.8 Å². The van der Waals surface area contributed by atoms with Crippen molar-refractivity contribution >= 4 is 10.8 Å². The van der Waals surface area contributed by atoms with Crippen LogP contribution < -0.4 is 0 Å². The molecule has 4 aromatic carbocycles. The molecule has 0 amide bonds. The lowest BCUT2D eigenvalue weighted by atomic mass is 10.0. The van der Waals surface area contributed by atoms with Crippen LogP contribution in [0.2, 0.25) is 0 Å². The number of unbranched alkanes of at least 4 members (excludes halogenated alkanes) is 4. The van der Waals surface area contributed by atoms with Gasteiger partial charge in [-0.1, -0.05) is 86.6 Å². The average Bonchev–Trinajstić information content (AvgIpc) is 2.93. The molecule has 0 unspecified atom stereocenters. The fraction of sp³-hybridized carbons (Fsp3) is 0.257. The molecule has 0 fully saturated rings. The molecule has 0 heterocycles. The summed E-state index contributed by atoms with van der Waals surface area (Å²) in [4.78, 5) is 0. The second-order valence-electron chi connectivity index (χ2n) is 9.82. The maximum Gasteiger partial charge on any atom is 0.393 e. The summed E-state index contributed by atoms with van der Waals surface area (Å²) in [5.41, 5.74) is 2.78. The Bertz CT molecular complexity index is 1590. The predicted octanol–water partition coefficient (Wildman–Crippen LogP) is 9.54. The van der Waals surface area contributed by atoms with Gasteiger partial charge in [-0.2, -0.15) is 13.2 Å². The lowest BCUT2D eigenvalue weighted by Crippen LogP contribution is -2.12. The van der Waals surface area contributed by atoms with Crippen LogP contribution in [-0.2, 0) is 12.8 Å². The van der Waals surface area contributed by atoms with Gasteiger partial charge in [-0.05, 0) is 71.8 Å². The van der Waals surface area contributed by atoms with Gasteiger partial charge in [-0.15, -0.1) is 0 Å². The van der Waals surface area contributed by atoms with E-state index in [9.17, 15) is 17.6 Å². The molecule has 0 spiro atoms. The second kappa shape index (κ2) is 13.3. The summed E-state index contributed by atoms with van der Waals surface area (Å²) >= 11 is 0. The molecule has 0 aliphatic rings. The minimum absolute atomic E-state index is 0.108. The van der Waals surface area contributed by atoms with Gasteiger partial charge >= 0.3 is 6.18 Å². The first-order valence-corrected chi connectivity index (χ1v) is 13.4. The number of rotatable bonds is 7. The standard InChI is InChI=1S/C35H29F5/c1-2-3-4-5-6-7-25-8-10-26(11-9-25)12-13-27-16-21-32-30(22-27)20-19-29(34(32)37)17-14-28-15-18-31(33(36)23-28)24-35(38,39)40/h8-11,15-16,18-23H,2-7,24H2,1H3. The predicted molar refractivity (Wildman–Crippen MR) is 151 cm³/mol. The molecule has 5 heteroatoms. The van der Waals surface area contributed by atoms with Gasteiger partial charge in [-0.25, -0.2) is 8.78 Å². The van der Waals surface area contributed by atoms with Gasteiger partial charge in [0.25, 0.3) is 0 Å². The summed E-state index contributed by atoms with van der Waals surface area (Å²) in [7, 11) is 0. The van der Waals surface area contributed by atoms with Crippen molar-refractivity contribution in [1.82, 2.24) is 0 Å². The highest BCUT2D eigenvalue weighted by molar-refractivity contribution is 5.86. The Kier molecular flexibility index (Phi) is 9.62. The Balaban J connectivity index is 1.44. The van der Waals surface area contributed by atoms with Crippen molar-refractivity contribution < 1.29 is 22.0 Å². The Labute approximate surface area is 232 Å². The first kappa shape index (κ1) is 28.9. The van der Waals surface area contributed by atoms with E-state index in [-0.39, 0.29) is 11.1 Å². The molecular weight excluding hydrogens is 515 g/mol. The van der Waals surface area contributed by atoms with Crippen molar-refractivity contribution in [3.8, 4) is 23.7 Å². The Morgan fingerprint density at radius 3 is 2.02 bits per heavy atom. The fourth-order valence-corrected chi connectivity index (χ4v) is 4.42. The molecule has 0 N–H and O–H groups in total. The van der Waals surface area contributed by atoms with Crippen molar-refractivity contribution in [1.29, 1.82) is 0 Å². The molecule has 0 radical (unpaired) electrons. The molecule has 0 atom stereocenters. The summed E-state index contributed by atoms with van der Waals surface area (Å²) in [5.74, 6) is 10.1. The number of halogens is 5. The highest BCUT2D eigenvalue weighted by Gasteiger charge is 2.29. The quantitative estimate of drug-likeness (QED) is 0.123. The SMILES string of the molecule is CCCCCCCc1ccc(C#Cc2ccc3c(F)c(C#Cc4ccc(CC(F)(F)F)c(F)c4)ccc3c2)cc1. The number of hydrogen-bond acceptors (Lipinski definition) is 0. The van der Waals surface area contributed by atoms with Crippen molar-refractivity contribution in [3.63, 3.8) is 0 Å². The molecule has 4 aromatic rings. The zero-order valence-corrected chi connectivity index (χ0v) is 22.3. The van der Waals surface area contributed by atoms with Gasteiger partial charge in [0.05, 0.1) is 12.0 Å². The third-order valence-corrected chi connectivity index (χ3v) is 6.61. The van der Waals surface area contributed by atoms with E-state index in [1.807, 2.05) is 18.2 Å². The smallest absolute Gasteiger partial charge is 0.207 e. The topological polar surface area (TPSA) is 0 Å². The van der Waals surface area contributed by atoms with E-state index in [1.54, 1.807) is 18.2 Å². The molecule has 0 bridgehead atoms. The van der Waals surface area contributed by atoms with Crippen LogP contribution in [-0.4, -0.2) is 6.18 Å². The Morgan fingerprint density at radius 1 is 0.650 bits per heavy atom. The molecule has 0 saturated heterocycles. The van der Waals surface area contributed by atoms with E-state index in [0.717, 1.165) is 29.7 Å². The van der Waals surface area contributed by atoms with E-state index in [1.165, 1.54) is 49.8 Å². The third-order valence-electron chi connectivity index (χ3n) is 6.61. The van der Waals surface area contributed by atoms with Gasteiger partial charge in [0.2, 0.25) is 0 Å². The molecular formula is C35H29F5. The maximum atomic E-state index is 15.1. The minimum atomic E-state index is -4.51. The Morgan fingerprint density at radius 2 is 1.30 bits per heavy atom. The largest absolute Gasteiger partial charge is 0.393 e. The van der Waals surface area contributed by atoms with Crippen LogP contribution in [0, 0.1) is 35.3 Å². The van der Waals surface area contributed by atoms with Crippen LogP contribution in [0.5, 0.6) is 0 Å². The van der Waals surface area contributed by atoms with Crippen LogP contribution in [0.1, 0.15) is 72.4 Å². The van der Waals surface area contributed by atoms with Crippen molar-refractivity contribution in [3.05, 3.63) is 118 Å². The third kappa shape index (κ3) is 8.20. The van der Waals surface area contributed by atoms with E-state index in [2.05, 4.69) is 42.7 Å². The highest BCUT2D eigenvalue weighted by atomic mass is 19.4. The van der Waals surface area contributed by atoms with Crippen LogP contribution in [0.15, 0.2) is 72.8 Å². The first-order chi connectivity index (χ1) is 19.2. The van der Waals surface area contributed by atoms with E-state index < -0.39 is 29.8 Å². The van der Waals surface area contributed by atoms with Crippen molar-refractivity contribution in [2.75, 3.05) is 0 Å². The van der Waals surface area contributed by atoms with Crippen LogP contribution in [0.4, 0.5) is 22.0 Å². The Hall–Kier alpha value is -4.09. The fourth-order valence-electron chi connectivity index (χ4n) is 4.42. The number of benzene rings is 4. The number of alkyl halides is 3. The van der Waals surface area contributed by atoms with Gasteiger partial charge in [0.1, 0.15) is 11.6 Å². The van der Waals surface area contributed by atoms with Gasteiger partial charge in [-0.3, -0.25) is 0 Å². The van der Waals surface area contributed by atoms with Crippen molar-refractivity contribution in [2.45, 2.75) is 58.0 Å².